The van der Waals surface area contributed by atoms with Crippen LogP contribution in [0.3, 0.4) is 0 Å². The molecule has 0 spiro atoms. The number of carbonyl (C=O) groups excluding carboxylic acids is 1. The highest BCUT2D eigenvalue weighted by Gasteiger charge is 2.28. The van der Waals surface area contributed by atoms with Crippen LogP contribution in [0, 0.1) is 5.92 Å². The summed E-state index contributed by atoms with van der Waals surface area (Å²) in [6, 6.07) is 2.31. The van der Waals surface area contributed by atoms with E-state index in [1.165, 1.54) is 6.07 Å². The third-order valence-electron chi connectivity index (χ3n) is 3.36. The first-order valence-corrected chi connectivity index (χ1v) is 9.53. The molecular weight excluding hydrogens is 357 g/mol. The second kappa shape index (κ2) is 6.32. The van der Waals surface area contributed by atoms with E-state index in [4.69, 9.17) is 33.9 Å². The van der Waals surface area contributed by atoms with Gasteiger partial charge in [-0.2, -0.15) is 0 Å². The third kappa shape index (κ3) is 4.03. The smallest absolute Gasteiger partial charge is 0.261 e. The molecule has 116 valence electrons. The molecule has 1 saturated carbocycles. The molecule has 4 nitrogen and oxygen atoms in total. The van der Waals surface area contributed by atoms with Crippen molar-refractivity contribution in [2.45, 2.75) is 24.7 Å². The van der Waals surface area contributed by atoms with Crippen LogP contribution in [-0.2, 0) is 9.05 Å². The van der Waals surface area contributed by atoms with Gasteiger partial charge in [0.05, 0.1) is 20.5 Å². The van der Waals surface area contributed by atoms with Crippen LogP contribution in [0.2, 0.25) is 10.0 Å². The average Bonchev–Trinajstić information content (AvgIpc) is 3.21. The fraction of sp³-hybridized carbons (Fsp3) is 0.462. The van der Waals surface area contributed by atoms with Crippen molar-refractivity contribution in [3.05, 3.63) is 27.7 Å². The summed E-state index contributed by atoms with van der Waals surface area (Å²) in [5.41, 5.74) is 0.0610. The van der Waals surface area contributed by atoms with Crippen molar-refractivity contribution >= 4 is 48.8 Å². The van der Waals surface area contributed by atoms with Crippen molar-refractivity contribution < 1.29 is 13.2 Å². The number of rotatable bonds is 5. The lowest BCUT2D eigenvalue weighted by Crippen LogP contribution is -2.33. The van der Waals surface area contributed by atoms with Crippen molar-refractivity contribution in [1.29, 1.82) is 0 Å². The zero-order chi connectivity index (χ0) is 15.8. The molecule has 2 rings (SSSR count). The quantitative estimate of drug-likeness (QED) is 0.741. The summed E-state index contributed by atoms with van der Waals surface area (Å²) in [6.45, 7) is 3.01. The first kappa shape index (κ1) is 16.9. The molecule has 0 bridgehead atoms. The van der Waals surface area contributed by atoms with Gasteiger partial charge < -0.3 is 4.90 Å². The van der Waals surface area contributed by atoms with Gasteiger partial charge in [0.1, 0.15) is 0 Å². The molecule has 1 fully saturated rings. The summed E-state index contributed by atoms with van der Waals surface area (Å²) in [7, 11) is 1.33. The van der Waals surface area contributed by atoms with Gasteiger partial charge in [0.2, 0.25) is 0 Å². The first-order chi connectivity index (χ1) is 9.74. The zero-order valence-electron chi connectivity index (χ0n) is 11.3. The molecule has 1 aliphatic carbocycles. The van der Waals surface area contributed by atoms with Crippen LogP contribution in [-0.4, -0.2) is 32.3 Å². The van der Waals surface area contributed by atoms with Gasteiger partial charge in [-0.15, -0.1) is 0 Å². The predicted molar refractivity (Wildman–Crippen MR) is 83.8 cm³/mol. The van der Waals surface area contributed by atoms with Gasteiger partial charge in [0, 0.05) is 23.8 Å². The fourth-order valence-electron chi connectivity index (χ4n) is 2.00. The largest absolute Gasteiger partial charge is 0.339 e. The van der Waals surface area contributed by atoms with Crippen molar-refractivity contribution in [3.63, 3.8) is 0 Å². The molecule has 1 aromatic carbocycles. The summed E-state index contributed by atoms with van der Waals surface area (Å²) >= 11 is 12.0. The van der Waals surface area contributed by atoms with Gasteiger partial charge in [-0.25, -0.2) is 8.42 Å². The summed E-state index contributed by atoms with van der Waals surface area (Å²) in [4.78, 5) is 13.9. The summed E-state index contributed by atoms with van der Waals surface area (Å²) in [5, 5.41) is 0.0317. The Kier molecular flexibility index (Phi) is 5.08. The second-order valence-electron chi connectivity index (χ2n) is 4.99. The number of benzene rings is 1. The number of hydrogen-bond acceptors (Lipinski definition) is 3. The average molecular weight is 371 g/mol. The van der Waals surface area contributed by atoms with Crippen LogP contribution in [0.1, 0.15) is 30.1 Å². The maximum Gasteiger partial charge on any atom is 0.261 e. The molecule has 0 heterocycles. The molecular formula is C13H14Cl3NO3S. The van der Waals surface area contributed by atoms with E-state index in [0.717, 1.165) is 18.9 Å². The molecule has 0 N–H and O–H groups in total. The molecule has 0 unspecified atom stereocenters. The summed E-state index contributed by atoms with van der Waals surface area (Å²) in [6.07, 6.45) is 2.21. The highest BCUT2D eigenvalue weighted by Crippen LogP contribution is 2.33. The van der Waals surface area contributed by atoms with Gasteiger partial charge in [0.15, 0.2) is 0 Å². The van der Waals surface area contributed by atoms with E-state index in [-0.39, 0.29) is 26.4 Å². The number of nitrogens with zero attached hydrogens (tertiary/aromatic N) is 1. The maximum atomic E-state index is 12.5. The number of amides is 1. The lowest BCUT2D eigenvalue weighted by molar-refractivity contribution is 0.0757. The van der Waals surface area contributed by atoms with Crippen LogP contribution in [0.25, 0.3) is 0 Å². The van der Waals surface area contributed by atoms with Crippen LogP contribution in [0.4, 0.5) is 0 Å². The predicted octanol–water partition coefficient (Wildman–Crippen LogP) is 3.79. The Morgan fingerprint density at radius 2 is 1.95 bits per heavy atom. The van der Waals surface area contributed by atoms with Gasteiger partial charge >= 0.3 is 0 Å². The molecule has 1 aromatic rings. The Labute approximate surface area is 138 Å². The minimum Gasteiger partial charge on any atom is -0.339 e. The standard InChI is InChI=1S/C13H14Cl3NO3S/c1-2-17(7-8-3-4-8)13(18)10-5-9(21(16,19)20)6-11(14)12(10)15/h5-6,8H,2-4,7H2,1H3. The normalized spacial score (nSPS) is 15.0. The Balaban J connectivity index is 2.41. The Bertz CT molecular complexity index is 671. The topological polar surface area (TPSA) is 54.5 Å². The highest BCUT2D eigenvalue weighted by atomic mass is 35.7. The zero-order valence-corrected chi connectivity index (χ0v) is 14.4. The van der Waals surface area contributed by atoms with E-state index in [0.29, 0.717) is 19.0 Å². The van der Waals surface area contributed by atoms with E-state index in [1.807, 2.05) is 6.92 Å². The highest BCUT2D eigenvalue weighted by molar-refractivity contribution is 8.13. The number of halogens is 3. The first-order valence-electron chi connectivity index (χ1n) is 6.47. The minimum absolute atomic E-state index is 0.00998. The van der Waals surface area contributed by atoms with Crippen LogP contribution >= 0.6 is 33.9 Å². The molecule has 1 amide bonds. The van der Waals surface area contributed by atoms with Crippen molar-refractivity contribution in [2.24, 2.45) is 5.92 Å². The van der Waals surface area contributed by atoms with Crippen LogP contribution in [0.15, 0.2) is 17.0 Å². The molecule has 0 aliphatic heterocycles. The van der Waals surface area contributed by atoms with E-state index >= 15 is 0 Å². The SMILES string of the molecule is CCN(CC1CC1)C(=O)c1cc(S(=O)(=O)Cl)cc(Cl)c1Cl. The Hall–Kier alpha value is -0.490. The Morgan fingerprint density at radius 1 is 1.33 bits per heavy atom. The van der Waals surface area contributed by atoms with Gasteiger partial charge in [-0.3, -0.25) is 4.79 Å². The van der Waals surface area contributed by atoms with Crippen molar-refractivity contribution in [1.82, 2.24) is 4.90 Å². The van der Waals surface area contributed by atoms with E-state index in [2.05, 4.69) is 0 Å². The molecule has 0 saturated heterocycles. The summed E-state index contributed by atoms with van der Waals surface area (Å²) < 4.78 is 22.9. The number of hydrogen-bond donors (Lipinski definition) is 0. The lowest BCUT2D eigenvalue weighted by atomic mass is 10.2. The van der Waals surface area contributed by atoms with Crippen LogP contribution < -0.4 is 0 Å². The molecule has 0 atom stereocenters. The molecule has 0 aromatic heterocycles. The van der Waals surface area contributed by atoms with Gasteiger partial charge in [-0.1, -0.05) is 23.2 Å². The second-order valence-corrected chi connectivity index (χ2v) is 8.34. The Morgan fingerprint density at radius 3 is 2.43 bits per heavy atom. The van der Waals surface area contributed by atoms with E-state index in [9.17, 15) is 13.2 Å². The van der Waals surface area contributed by atoms with Crippen molar-refractivity contribution in [2.75, 3.05) is 13.1 Å². The fourth-order valence-corrected chi connectivity index (χ4v) is 3.26. The van der Waals surface area contributed by atoms with E-state index < -0.39 is 9.05 Å². The van der Waals surface area contributed by atoms with Crippen LogP contribution in [0.5, 0.6) is 0 Å². The minimum atomic E-state index is -3.98. The third-order valence-corrected chi connectivity index (χ3v) is 5.49. The summed E-state index contributed by atoms with van der Waals surface area (Å²) in [5.74, 6) is 0.182. The van der Waals surface area contributed by atoms with Gasteiger partial charge in [0.25, 0.3) is 15.0 Å². The van der Waals surface area contributed by atoms with Crippen molar-refractivity contribution in [3.8, 4) is 0 Å². The monoisotopic (exact) mass is 369 g/mol. The molecule has 21 heavy (non-hydrogen) atoms. The van der Waals surface area contributed by atoms with Gasteiger partial charge in [-0.05, 0) is 37.8 Å². The lowest BCUT2D eigenvalue weighted by Gasteiger charge is -2.21. The molecule has 1 aliphatic rings. The van der Waals surface area contributed by atoms with E-state index in [1.54, 1.807) is 4.90 Å². The molecule has 8 heteroatoms. The maximum absolute atomic E-state index is 12.5. The number of carbonyl (C=O) groups is 1. The molecule has 0 radical (unpaired) electrons.